The van der Waals surface area contributed by atoms with Crippen molar-refractivity contribution in [2.24, 2.45) is 0 Å². The first-order chi connectivity index (χ1) is 6.84. The molecule has 0 aromatic carbocycles. The average Bonchev–Trinajstić information content (AvgIpc) is 2.70. The summed E-state index contributed by atoms with van der Waals surface area (Å²) in [5.74, 6) is 0.699. The molecule has 2 heterocycles. The Bertz CT molecular complexity index is 388. The first-order valence-electron chi connectivity index (χ1n) is 3.97. The van der Waals surface area contributed by atoms with Crippen LogP contribution in [0.2, 0.25) is 5.15 Å². The summed E-state index contributed by atoms with van der Waals surface area (Å²) in [6.07, 6.45) is 3.35. The Labute approximate surface area is 90.3 Å². The van der Waals surface area contributed by atoms with Gasteiger partial charge in [0, 0.05) is 11.6 Å². The van der Waals surface area contributed by atoms with Gasteiger partial charge in [0.2, 0.25) is 0 Å². The van der Waals surface area contributed by atoms with Crippen LogP contribution in [-0.2, 0) is 6.61 Å². The van der Waals surface area contributed by atoms with E-state index in [4.69, 9.17) is 16.3 Å². The summed E-state index contributed by atoms with van der Waals surface area (Å²) in [4.78, 5) is 8.00. The van der Waals surface area contributed by atoms with E-state index in [9.17, 15) is 0 Å². The van der Waals surface area contributed by atoms with Gasteiger partial charge in [-0.2, -0.15) is 0 Å². The highest BCUT2D eigenvalue weighted by Gasteiger charge is 1.98. The SMILES string of the molecule is Clc1ccc(OCc2nccs2)cn1. The number of pyridine rings is 1. The molecule has 0 atom stereocenters. The Balaban J connectivity index is 1.95. The van der Waals surface area contributed by atoms with Crippen molar-refractivity contribution < 1.29 is 4.74 Å². The molecule has 0 bridgehead atoms. The third-order valence-corrected chi connectivity index (χ3v) is 2.52. The maximum Gasteiger partial charge on any atom is 0.140 e. The number of nitrogens with zero attached hydrogens (tertiary/aromatic N) is 2. The van der Waals surface area contributed by atoms with E-state index in [1.165, 1.54) is 0 Å². The highest BCUT2D eigenvalue weighted by molar-refractivity contribution is 7.09. The second kappa shape index (κ2) is 4.39. The molecule has 0 aliphatic heterocycles. The van der Waals surface area contributed by atoms with Crippen molar-refractivity contribution >= 4 is 22.9 Å². The van der Waals surface area contributed by atoms with Gasteiger partial charge in [0.1, 0.15) is 22.5 Å². The lowest BCUT2D eigenvalue weighted by Gasteiger charge is -2.02. The minimum absolute atomic E-state index is 0.464. The normalized spacial score (nSPS) is 10.1. The van der Waals surface area contributed by atoms with Gasteiger partial charge in [0.05, 0.1) is 6.20 Å². The van der Waals surface area contributed by atoms with Crippen molar-refractivity contribution in [3.63, 3.8) is 0 Å². The molecule has 2 aromatic rings. The molecule has 2 rings (SSSR count). The van der Waals surface area contributed by atoms with Gasteiger partial charge >= 0.3 is 0 Å². The largest absolute Gasteiger partial charge is 0.485 e. The smallest absolute Gasteiger partial charge is 0.140 e. The molecule has 0 saturated carbocycles. The predicted molar refractivity (Wildman–Crippen MR) is 55.7 cm³/mol. The van der Waals surface area contributed by atoms with Crippen LogP contribution < -0.4 is 4.74 Å². The maximum absolute atomic E-state index is 5.63. The summed E-state index contributed by atoms with van der Waals surface area (Å²) >= 11 is 7.20. The van der Waals surface area contributed by atoms with Gasteiger partial charge in [-0.1, -0.05) is 11.6 Å². The third kappa shape index (κ3) is 2.43. The zero-order valence-corrected chi connectivity index (χ0v) is 8.76. The van der Waals surface area contributed by atoms with Crippen LogP contribution in [0.1, 0.15) is 5.01 Å². The zero-order valence-electron chi connectivity index (χ0n) is 7.18. The molecule has 0 radical (unpaired) electrons. The predicted octanol–water partition coefficient (Wildman–Crippen LogP) is 2.77. The molecule has 14 heavy (non-hydrogen) atoms. The standard InChI is InChI=1S/C9H7ClN2OS/c10-8-2-1-7(5-12-8)13-6-9-11-3-4-14-9/h1-5H,6H2. The molecular weight excluding hydrogens is 220 g/mol. The molecule has 0 aliphatic rings. The van der Waals surface area contributed by atoms with E-state index in [1.807, 2.05) is 5.38 Å². The highest BCUT2D eigenvalue weighted by Crippen LogP contribution is 2.14. The minimum Gasteiger partial charge on any atom is -0.485 e. The van der Waals surface area contributed by atoms with Gasteiger partial charge in [-0.25, -0.2) is 9.97 Å². The molecule has 3 nitrogen and oxygen atoms in total. The summed E-state index contributed by atoms with van der Waals surface area (Å²) in [5, 5.41) is 3.32. The Kier molecular flexibility index (Phi) is 2.96. The fraction of sp³-hybridized carbons (Fsp3) is 0.111. The monoisotopic (exact) mass is 226 g/mol. The van der Waals surface area contributed by atoms with Gasteiger partial charge in [-0.05, 0) is 12.1 Å². The van der Waals surface area contributed by atoms with Gasteiger partial charge < -0.3 is 4.74 Å². The lowest BCUT2D eigenvalue weighted by molar-refractivity contribution is 0.304. The second-order valence-corrected chi connectivity index (χ2v) is 3.90. The van der Waals surface area contributed by atoms with Gasteiger partial charge in [0.15, 0.2) is 0 Å². The van der Waals surface area contributed by atoms with Crippen molar-refractivity contribution in [3.8, 4) is 5.75 Å². The average molecular weight is 227 g/mol. The topological polar surface area (TPSA) is 35.0 Å². The number of hydrogen-bond acceptors (Lipinski definition) is 4. The minimum atomic E-state index is 0.464. The molecule has 0 spiro atoms. The summed E-state index contributed by atoms with van der Waals surface area (Å²) in [7, 11) is 0. The number of hydrogen-bond donors (Lipinski definition) is 0. The first kappa shape index (κ1) is 9.43. The Hall–Kier alpha value is -1.13. The van der Waals surface area contributed by atoms with E-state index in [-0.39, 0.29) is 0 Å². The van der Waals surface area contributed by atoms with Crippen molar-refractivity contribution in [1.82, 2.24) is 9.97 Å². The third-order valence-electron chi connectivity index (χ3n) is 1.55. The van der Waals surface area contributed by atoms with Crippen molar-refractivity contribution in [2.75, 3.05) is 0 Å². The molecule has 2 aromatic heterocycles. The molecule has 72 valence electrons. The molecule has 0 saturated heterocycles. The van der Waals surface area contributed by atoms with Crippen LogP contribution >= 0.6 is 22.9 Å². The number of aromatic nitrogens is 2. The van der Waals surface area contributed by atoms with Crippen LogP contribution in [0.15, 0.2) is 29.9 Å². The number of thiazole rings is 1. The number of ether oxygens (including phenoxy) is 1. The fourth-order valence-electron chi connectivity index (χ4n) is 0.917. The van der Waals surface area contributed by atoms with Crippen LogP contribution in [0.25, 0.3) is 0 Å². The van der Waals surface area contributed by atoms with Crippen molar-refractivity contribution in [1.29, 1.82) is 0 Å². The van der Waals surface area contributed by atoms with Crippen LogP contribution in [0.3, 0.4) is 0 Å². The van der Waals surface area contributed by atoms with E-state index in [0.717, 1.165) is 5.01 Å². The molecule has 0 unspecified atom stereocenters. The molecule has 0 amide bonds. The molecule has 5 heteroatoms. The number of halogens is 1. The van der Waals surface area contributed by atoms with Crippen LogP contribution in [0.5, 0.6) is 5.75 Å². The van der Waals surface area contributed by atoms with Gasteiger partial charge in [-0.15, -0.1) is 11.3 Å². The molecular formula is C9H7ClN2OS. The molecule has 0 aliphatic carbocycles. The van der Waals surface area contributed by atoms with E-state index in [2.05, 4.69) is 9.97 Å². The summed E-state index contributed by atoms with van der Waals surface area (Å²) < 4.78 is 5.43. The van der Waals surface area contributed by atoms with E-state index in [0.29, 0.717) is 17.5 Å². The maximum atomic E-state index is 5.63. The highest BCUT2D eigenvalue weighted by atomic mass is 35.5. The summed E-state index contributed by atoms with van der Waals surface area (Å²) in [6.45, 7) is 0.473. The zero-order chi connectivity index (χ0) is 9.80. The van der Waals surface area contributed by atoms with Crippen LogP contribution in [0, 0.1) is 0 Å². The van der Waals surface area contributed by atoms with E-state index in [1.54, 1.807) is 35.9 Å². The molecule has 0 fully saturated rings. The van der Waals surface area contributed by atoms with Crippen LogP contribution in [0.4, 0.5) is 0 Å². The van der Waals surface area contributed by atoms with Gasteiger partial charge in [-0.3, -0.25) is 0 Å². The van der Waals surface area contributed by atoms with Crippen molar-refractivity contribution in [3.05, 3.63) is 40.1 Å². The lowest BCUT2D eigenvalue weighted by Crippen LogP contribution is -1.94. The summed E-state index contributed by atoms with van der Waals surface area (Å²) in [5.41, 5.74) is 0. The second-order valence-electron chi connectivity index (χ2n) is 2.53. The Morgan fingerprint density at radius 3 is 2.93 bits per heavy atom. The Morgan fingerprint density at radius 1 is 1.36 bits per heavy atom. The Morgan fingerprint density at radius 2 is 2.29 bits per heavy atom. The molecule has 0 N–H and O–H groups in total. The quantitative estimate of drug-likeness (QED) is 0.755. The first-order valence-corrected chi connectivity index (χ1v) is 5.23. The lowest BCUT2D eigenvalue weighted by atomic mass is 10.5. The fourth-order valence-corrected chi connectivity index (χ4v) is 1.56. The van der Waals surface area contributed by atoms with Gasteiger partial charge in [0.25, 0.3) is 0 Å². The number of rotatable bonds is 3. The van der Waals surface area contributed by atoms with Crippen molar-refractivity contribution in [2.45, 2.75) is 6.61 Å². The van der Waals surface area contributed by atoms with E-state index >= 15 is 0 Å². The van der Waals surface area contributed by atoms with Crippen LogP contribution in [-0.4, -0.2) is 9.97 Å². The summed E-state index contributed by atoms with van der Waals surface area (Å²) in [6, 6.07) is 3.47. The van der Waals surface area contributed by atoms with E-state index < -0.39 is 0 Å².